The van der Waals surface area contributed by atoms with Gasteiger partial charge in [0.15, 0.2) is 11.5 Å². The van der Waals surface area contributed by atoms with Gasteiger partial charge >= 0.3 is 0 Å². The zero-order valence-electron chi connectivity index (χ0n) is 11.5. The predicted octanol–water partition coefficient (Wildman–Crippen LogP) is 1.72. The average molecular weight is 271 g/mol. The highest BCUT2D eigenvalue weighted by atomic mass is 16.5. The van der Waals surface area contributed by atoms with E-state index in [1.54, 1.807) is 12.1 Å². The summed E-state index contributed by atoms with van der Waals surface area (Å²) in [6, 6.07) is 3.57. The molecule has 104 valence electrons. The van der Waals surface area contributed by atoms with E-state index in [4.69, 9.17) is 4.74 Å². The first-order valence-electron chi connectivity index (χ1n) is 6.91. The van der Waals surface area contributed by atoms with Gasteiger partial charge in [-0.15, -0.1) is 0 Å². The maximum absolute atomic E-state index is 10.3. The third-order valence-electron chi connectivity index (χ3n) is 5.05. The molecule has 1 saturated carbocycles. The van der Waals surface area contributed by atoms with Crippen LogP contribution in [-0.2, 0) is 5.41 Å². The topological polar surface area (TPSA) is 62.1 Å². The number of benzene rings is 1. The molecule has 0 unspecified atom stereocenters. The molecule has 4 rings (SSSR count). The molecule has 1 aromatic carbocycles. The Morgan fingerprint density at radius 3 is 2.90 bits per heavy atom. The minimum Gasteiger partial charge on any atom is -0.504 e. The summed E-state index contributed by atoms with van der Waals surface area (Å²) in [6.07, 6.45) is 3.64. The molecule has 4 atom stereocenters. The van der Waals surface area contributed by atoms with Gasteiger partial charge in [0.2, 0.25) is 0 Å². The Hall–Kier alpha value is -1.81. The molecule has 1 spiro atoms. The summed E-state index contributed by atoms with van der Waals surface area (Å²) >= 11 is 0. The fraction of sp³-hybridized carbons (Fsp3) is 0.438. The van der Waals surface area contributed by atoms with Gasteiger partial charge in [0.25, 0.3) is 0 Å². The Labute approximate surface area is 117 Å². The number of fused-ring (bicyclic) bond motifs is 1. The highest BCUT2D eigenvalue weighted by Gasteiger charge is 2.65. The lowest BCUT2D eigenvalue weighted by Gasteiger charge is -2.52. The summed E-state index contributed by atoms with van der Waals surface area (Å²) in [5.41, 5.74) is 3.02. The maximum Gasteiger partial charge on any atom is 0.165 e. The molecule has 0 aromatic heterocycles. The van der Waals surface area contributed by atoms with Gasteiger partial charge in [0.1, 0.15) is 12.2 Å². The molecule has 1 fully saturated rings. The molecule has 2 aliphatic carbocycles. The van der Waals surface area contributed by atoms with Gasteiger partial charge in [-0.25, -0.2) is 0 Å². The van der Waals surface area contributed by atoms with Crippen LogP contribution in [0.5, 0.6) is 11.5 Å². The lowest BCUT2D eigenvalue weighted by atomic mass is 9.50. The number of aliphatic hydroxyl groups is 1. The Morgan fingerprint density at radius 1 is 1.35 bits per heavy atom. The smallest absolute Gasteiger partial charge is 0.165 e. The quantitative estimate of drug-likeness (QED) is 0.706. The maximum atomic E-state index is 10.3. The number of aliphatic imine (C=N–C) groups is 1. The van der Waals surface area contributed by atoms with Gasteiger partial charge < -0.3 is 14.9 Å². The second-order valence-corrected chi connectivity index (χ2v) is 5.93. The van der Waals surface area contributed by atoms with Crippen molar-refractivity contribution >= 4 is 5.71 Å². The molecule has 1 aromatic rings. The highest BCUT2D eigenvalue weighted by molar-refractivity contribution is 5.99. The number of hydrogen-bond acceptors (Lipinski definition) is 4. The van der Waals surface area contributed by atoms with E-state index >= 15 is 0 Å². The van der Waals surface area contributed by atoms with Crippen LogP contribution >= 0.6 is 0 Å². The van der Waals surface area contributed by atoms with Crippen LogP contribution in [0.1, 0.15) is 17.5 Å². The molecule has 0 saturated heterocycles. The van der Waals surface area contributed by atoms with Gasteiger partial charge in [0, 0.05) is 30.7 Å². The Kier molecular flexibility index (Phi) is 2.18. The van der Waals surface area contributed by atoms with E-state index in [0.29, 0.717) is 5.75 Å². The Morgan fingerprint density at radius 2 is 2.15 bits per heavy atom. The molecule has 0 amide bonds. The molecule has 0 bridgehead atoms. The van der Waals surface area contributed by atoms with Crippen molar-refractivity contribution in [1.29, 1.82) is 0 Å². The third-order valence-corrected chi connectivity index (χ3v) is 5.05. The summed E-state index contributed by atoms with van der Waals surface area (Å²) in [4.78, 5) is 4.35. The van der Waals surface area contributed by atoms with Crippen LogP contribution in [0.2, 0.25) is 0 Å². The number of nitrogens with zero attached hydrogens (tertiary/aromatic N) is 1. The van der Waals surface area contributed by atoms with Crippen LogP contribution < -0.4 is 4.74 Å². The van der Waals surface area contributed by atoms with E-state index in [1.165, 1.54) is 0 Å². The van der Waals surface area contributed by atoms with Crippen molar-refractivity contribution in [2.24, 2.45) is 10.9 Å². The van der Waals surface area contributed by atoms with Crippen LogP contribution in [0.25, 0.3) is 0 Å². The summed E-state index contributed by atoms with van der Waals surface area (Å²) < 4.78 is 5.95. The summed E-state index contributed by atoms with van der Waals surface area (Å²) in [5, 5.41) is 20.4. The molecular formula is C16H17NO3. The number of phenolic OH excluding ortho intramolecular Hbond substituents is 1. The van der Waals surface area contributed by atoms with Crippen molar-refractivity contribution in [3.63, 3.8) is 0 Å². The van der Waals surface area contributed by atoms with E-state index in [0.717, 1.165) is 23.3 Å². The van der Waals surface area contributed by atoms with Crippen molar-refractivity contribution < 1.29 is 14.9 Å². The lowest BCUT2D eigenvalue weighted by Crippen LogP contribution is -2.62. The van der Waals surface area contributed by atoms with Crippen LogP contribution in [0, 0.1) is 12.8 Å². The minimum absolute atomic E-state index is 0.155. The zero-order chi connectivity index (χ0) is 14.1. The number of ether oxygens (including phenoxy) is 1. The monoisotopic (exact) mass is 271 g/mol. The predicted molar refractivity (Wildman–Crippen MR) is 75.6 cm³/mol. The molecule has 3 aliphatic rings. The molecule has 4 nitrogen and oxygen atoms in total. The minimum atomic E-state index is -0.643. The molecule has 0 radical (unpaired) electrons. The number of hydrogen-bond donors (Lipinski definition) is 2. The first kappa shape index (κ1) is 12.0. The molecule has 1 heterocycles. The second kappa shape index (κ2) is 3.64. The number of aromatic hydroxyl groups is 1. The first-order valence-corrected chi connectivity index (χ1v) is 6.91. The van der Waals surface area contributed by atoms with E-state index in [9.17, 15) is 10.2 Å². The van der Waals surface area contributed by atoms with Crippen LogP contribution in [0.3, 0.4) is 0 Å². The average Bonchev–Trinajstić information content (AvgIpc) is 2.78. The van der Waals surface area contributed by atoms with Gasteiger partial charge in [-0.2, -0.15) is 0 Å². The van der Waals surface area contributed by atoms with E-state index in [2.05, 4.69) is 4.99 Å². The highest BCUT2D eigenvalue weighted by Crippen LogP contribution is 2.62. The fourth-order valence-corrected chi connectivity index (χ4v) is 4.15. The summed E-state index contributed by atoms with van der Waals surface area (Å²) in [5.74, 6) is 0.864. The van der Waals surface area contributed by atoms with E-state index in [-0.39, 0.29) is 23.2 Å². The van der Waals surface area contributed by atoms with Crippen molar-refractivity contribution in [3.8, 4) is 11.5 Å². The Bertz CT molecular complexity index is 664. The van der Waals surface area contributed by atoms with Crippen LogP contribution in [0.15, 0.2) is 29.3 Å². The number of rotatable bonds is 0. The van der Waals surface area contributed by atoms with Gasteiger partial charge in [-0.1, -0.05) is 18.2 Å². The second-order valence-electron chi connectivity index (χ2n) is 5.93. The molecule has 4 heteroatoms. The number of aryl methyl sites for hydroxylation is 1. The van der Waals surface area contributed by atoms with Crippen molar-refractivity contribution in [2.45, 2.75) is 31.0 Å². The van der Waals surface area contributed by atoms with E-state index in [1.807, 2.05) is 26.1 Å². The van der Waals surface area contributed by atoms with Gasteiger partial charge in [0.05, 0.1) is 5.41 Å². The van der Waals surface area contributed by atoms with Crippen molar-refractivity contribution in [2.75, 3.05) is 7.05 Å². The van der Waals surface area contributed by atoms with Crippen LogP contribution in [-0.4, -0.2) is 35.2 Å². The summed E-state index contributed by atoms with van der Waals surface area (Å²) in [7, 11) is 1.81. The largest absolute Gasteiger partial charge is 0.504 e. The molecular weight excluding hydrogens is 254 g/mol. The normalized spacial score (nSPS) is 38.8. The van der Waals surface area contributed by atoms with Gasteiger partial charge in [-0.05, 0) is 18.6 Å². The standard InChI is InChI=1S/C16H17NO3/c1-8-3-5-11(18)14-13(8)16-7-10(17-2)9(16)4-6-12(19)15(16)20-14/h3-6,9,12,15,18-19H,7H2,1-2H3/t9-,12-,15-,16-/m0/s1. The number of phenols is 1. The Balaban J connectivity index is 1.97. The van der Waals surface area contributed by atoms with E-state index < -0.39 is 6.10 Å². The SMILES string of the molecule is CN=C1C[C@]23c4c(C)ccc(O)c4O[C@H]2[C@@H](O)C=C[C@@H]13. The van der Waals surface area contributed by atoms with Crippen molar-refractivity contribution in [3.05, 3.63) is 35.4 Å². The van der Waals surface area contributed by atoms with Crippen LogP contribution in [0.4, 0.5) is 0 Å². The molecule has 1 aliphatic heterocycles. The number of aliphatic hydroxyl groups excluding tert-OH is 1. The molecule has 20 heavy (non-hydrogen) atoms. The van der Waals surface area contributed by atoms with Crippen molar-refractivity contribution in [1.82, 2.24) is 0 Å². The number of allylic oxidation sites excluding steroid dienone is 1. The first-order chi connectivity index (χ1) is 9.59. The zero-order valence-corrected chi connectivity index (χ0v) is 11.5. The van der Waals surface area contributed by atoms with Gasteiger partial charge in [-0.3, -0.25) is 4.99 Å². The summed E-state index contributed by atoms with van der Waals surface area (Å²) in [6.45, 7) is 2.03. The third kappa shape index (κ3) is 1.14. The lowest BCUT2D eigenvalue weighted by molar-refractivity contribution is 0.00651. The fourth-order valence-electron chi connectivity index (χ4n) is 4.15. The molecule has 2 N–H and O–H groups in total.